The first kappa shape index (κ1) is 13.3. The molecule has 1 aromatic heterocycles. The summed E-state index contributed by atoms with van der Waals surface area (Å²) in [4.78, 5) is 19.7. The highest BCUT2D eigenvalue weighted by Crippen LogP contribution is 2.28. The quantitative estimate of drug-likeness (QED) is 0.825. The van der Waals surface area contributed by atoms with Crippen LogP contribution in [0, 0.1) is 17.2 Å². The van der Waals surface area contributed by atoms with Gasteiger partial charge in [-0.15, -0.1) is 0 Å². The Kier molecular flexibility index (Phi) is 4.29. The molecule has 1 heterocycles. The monoisotopic (exact) mass is 260 g/mol. The Morgan fingerprint density at radius 3 is 3.00 bits per heavy atom. The first-order chi connectivity index (χ1) is 9.22. The Morgan fingerprint density at radius 1 is 1.53 bits per heavy atom. The second-order valence-electron chi connectivity index (χ2n) is 4.50. The molecule has 0 aliphatic heterocycles. The highest BCUT2D eigenvalue weighted by molar-refractivity contribution is 5.73. The van der Waals surface area contributed by atoms with Crippen molar-refractivity contribution in [3.63, 3.8) is 0 Å². The molecule has 2 rings (SSSR count). The molecule has 1 aromatic rings. The molecule has 0 spiro atoms. The number of aromatic nitrogens is 2. The number of hydrogen-bond acceptors (Lipinski definition) is 6. The van der Waals surface area contributed by atoms with Crippen molar-refractivity contribution in [1.82, 2.24) is 9.97 Å². The van der Waals surface area contributed by atoms with Crippen LogP contribution in [0.5, 0.6) is 0 Å². The molecule has 0 radical (unpaired) electrons. The molecular formula is C13H16N4O2. The second-order valence-corrected chi connectivity index (χ2v) is 4.50. The van der Waals surface area contributed by atoms with Gasteiger partial charge in [-0.05, 0) is 26.2 Å². The van der Waals surface area contributed by atoms with Gasteiger partial charge in [0, 0.05) is 6.04 Å². The number of rotatable bonds is 4. The minimum absolute atomic E-state index is 0.0243. The van der Waals surface area contributed by atoms with Crippen molar-refractivity contribution in [2.45, 2.75) is 32.2 Å². The SMILES string of the molecule is CCOC(=O)C1CCC(Nc2cnc(C#N)cn2)C1. The minimum atomic E-state index is -0.113. The van der Waals surface area contributed by atoms with Crippen LogP contribution in [-0.2, 0) is 9.53 Å². The van der Waals surface area contributed by atoms with E-state index in [1.807, 2.05) is 13.0 Å². The van der Waals surface area contributed by atoms with Crippen molar-refractivity contribution in [2.24, 2.45) is 5.92 Å². The van der Waals surface area contributed by atoms with Crippen molar-refractivity contribution in [3.8, 4) is 6.07 Å². The third kappa shape index (κ3) is 3.41. The largest absolute Gasteiger partial charge is 0.466 e. The predicted octanol–water partition coefficient (Wildman–Crippen LogP) is 1.49. The predicted molar refractivity (Wildman–Crippen MR) is 68.1 cm³/mol. The van der Waals surface area contributed by atoms with E-state index in [4.69, 9.17) is 10.00 Å². The Balaban J connectivity index is 1.87. The minimum Gasteiger partial charge on any atom is -0.466 e. The lowest BCUT2D eigenvalue weighted by Crippen LogP contribution is -2.20. The Morgan fingerprint density at radius 2 is 2.37 bits per heavy atom. The maximum Gasteiger partial charge on any atom is 0.308 e. The fourth-order valence-corrected chi connectivity index (χ4v) is 2.26. The molecule has 0 bridgehead atoms. The third-order valence-corrected chi connectivity index (χ3v) is 3.17. The maximum atomic E-state index is 11.6. The van der Waals surface area contributed by atoms with Crippen LogP contribution >= 0.6 is 0 Å². The summed E-state index contributed by atoms with van der Waals surface area (Å²) < 4.78 is 5.02. The number of anilines is 1. The average Bonchev–Trinajstić information content (AvgIpc) is 2.88. The fourth-order valence-electron chi connectivity index (χ4n) is 2.26. The summed E-state index contributed by atoms with van der Waals surface area (Å²) in [6.45, 7) is 2.24. The van der Waals surface area contributed by atoms with E-state index in [-0.39, 0.29) is 17.9 Å². The van der Waals surface area contributed by atoms with E-state index in [1.54, 1.807) is 0 Å². The average molecular weight is 260 g/mol. The molecule has 0 aromatic carbocycles. The number of nitriles is 1. The first-order valence-electron chi connectivity index (χ1n) is 6.38. The Bertz CT molecular complexity index is 480. The van der Waals surface area contributed by atoms with E-state index in [0.717, 1.165) is 19.3 Å². The molecule has 6 heteroatoms. The van der Waals surface area contributed by atoms with Gasteiger partial charge in [-0.3, -0.25) is 4.79 Å². The number of ether oxygens (including phenoxy) is 1. The molecule has 1 saturated carbocycles. The molecule has 1 aliphatic rings. The summed E-state index contributed by atoms with van der Waals surface area (Å²) in [7, 11) is 0. The molecule has 100 valence electrons. The van der Waals surface area contributed by atoms with E-state index >= 15 is 0 Å². The Hall–Kier alpha value is -2.16. The molecule has 19 heavy (non-hydrogen) atoms. The van der Waals surface area contributed by atoms with Gasteiger partial charge in [-0.1, -0.05) is 0 Å². The second kappa shape index (κ2) is 6.14. The van der Waals surface area contributed by atoms with Crippen LogP contribution in [-0.4, -0.2) is 28.6 Å². The van der Waals surface area contributed by atoms with Gasteiger partial charge in [0.25, 0.3) is 0 Å². The number of esters is 1. The number of carbonyl (C=O) groups is 1. The molecule has 0 saturated heterocycles. The van der Waals surface area contributed by atoms with E-state index in [2.05, 4.69) is 15.3 Å². The standard InChI is InChI=1S/C13H16N4O2/c1-2-19-13(18)9-3-4-10(5-9)17-12-8-15-11(6-14)7-16-12/h7-10H,2-5H2,1H3,(H,16,17). The zero-order valence-electron chi connectivity index (χ0n) is 10.8. The zero-order chi connectivity index (χ0) is 13.7. The van der Waals surface area contributed by atoms with E-state index in [1.165, 1.54) is 12.4 Å². The molecule has 1 fully saturated rings. The van der Waals surface area contributed by atoms with Crippen LogP contribution in [0.4, 0.5) is 5.82 Å². The smallest absolute Gasteiger partial charge is 0.308 e. The van der Waals surface area contributed by atoms with Crippen molar-refractivity contribution in [1.29, 1.82) is 5.26 Å². The summed E-state index contributed by atoms with van der Waals surface area (Å²) >= 11 is 0. The van der Waals surface area contributed by atoms with Gasteiger partial charge in [-0.25, -0.2) is 9.97 Å². The van der Waals surface area contributed by atoms with E-state index < -0.39 is 0 Å². The topological polar surface area (TPSA) is 87.9 Å². The van der Waals surface area contributed by atoms with Gasteiger partial charge in [-0.2, -0.15) is 5.26 Å². The van der Waals surface area contributed by atoms with Gasteiger partial charge < -0.3 is 10.1 Å². The van der Waals surface area contributed by atoms with Crippen molar-refractivity contribution in [3.05, 3.63) is 18.1 Å². The number of nitrogens with one attached hydrogen (secondary N) is 1. The van der Waals surface area contributed by atoms with Crippen molar-refractivity contribution < 1.29 is 9.53 Å². The highest BCUT2D eigenvalue weighted by atomic mass is 16.5. The molecule has 6 nitrogen and oxygen atoms in total. The summed E-state index contributed by atoms with van der Waals surface area (Å²) in [6.07, 6.45) is 5.46. The lowest BCUT2D eigenvalue weighted by Gasteiger charge is -2.13. The van der Waals surface area contributed by atoms with Crippen LogP contribution in [0.25, 0.3) is 0 Å². The molecule has 2 atom stereocenters. The van der Waals surface area contributed by atoms with Crippen LogP contribution in [0.3, 0.4) is 0 Å². The molecule has 1 N–H and O–H groups in total. The number of carbonyl (C=O) groups excluding carboxylic acids is 1. The maximum absolute atomic E-state index is 11.6. The van der Waals surface area contributed by atoms with Gasteiger partial charge in [0.05, 0.1) is 24.9 Å². The van der Waals surface area contributed by atoms with Crippen LogP contribution in [0.2, 0.25) is 0 Å². The normalized spacial score (nSPS) is 21.7. The van der Waals surface area contributed by atoms with Crippen LogP contribution < -0.4 is 5.32 Å². The highest BCUT2D eigenvalue weighted by Gasteiger charge is 2.30. The van der Waals surface area contributed by atoms with Gasteiger partial charge in [0.1, 0.15) is 11.9 Å². The van der Waals surface area contributed by atoms with Crippen molar-refractivity contribution >= 4 is 11.8 Å². The molecule has 2 unspecified atom stereocenters. The Labute approximate surface area is 111 Å². The molecular weight excluding hydrogens is 244 g/mol. The fraction of sp³-hybridized carbons (Fsp3) is 0.538. The van der Waals surface area contributed by atoms with Gasteiger partial charge in [0.15, 0.2) is 5.69 Å². The lowest BCUT2D eigenvalue weighted by molar-refractivity contribution is -0.147. The molecule has 1 aliphatic carbocycles. The van der Waals surface area contributed by atoms with Crippen LogP contribution in [0.1, 0.15) is 31.9 Å². The van der Waals surface area contributed by atoms with E-state index in [0.29, 0.717) is 18.1 Å². The summed E-state index contributed by atoms with van der Waals surface area (Å²) in [5, 5.41) is 11.9. The number of hydrogen-bond donors (Lipinski definition) is 1. The van der Waals surface area contributed by atoms with Crippen LogP contribution in [0.15, 0.2) is 12.4 Å². The molecule has 0 amide bonds. The summed E-state index contributed by atoms with van der Waals surface area (Å²) in [5.41, 5.74) is 0.293. The lowest BCUT2D eigenvalue weighted by atomic mass is 10.1. The van der Waals surface area contributed by atoms with Gasteiger partial charge >= 0.3 is 5.97 Å². The third-order valence-electron chi connectivity index (χ3n) is 3.17. The first-order valence-corrected chi connectivity index (χ1v) is 6.38. The van der Waals surface area contributed by atoms with Gasteiger partial charge in [0.2, 0.25) is 0 Å². The summed E-state index contributed by atoms with van der Waals surface area (Å²) in [5.74, 6) is 0.495. The zero-order valence-corrected chi connectivity index (χ0v) is 10.8. The van der Waals surface area contributed by atoms with E-state index in [9.17, 15) is 4.79 Å². The summed E-state index contributed by atoms with van der Waals surface area (Å²) in [6, 6.07) is 2.13. The number of nitrogens with zero attached hydrogens (tertiary/aromatic N) is 3. The van der Waals surface area contributed by atoms with Crippen molar-refractivity contribution in [2.75, 3.05) is 11.9 Å².